The Morgan fingerprint density at radius 3 is 2.78 bits per heavy atom. The largest absolute Gasteiger partial charge is 0.390 e. The number of carbonyl (C=O) groups is 1. The second-order valence-electron chi connectivity index (χ2n) is 7.25. The smallest absolute Gasteiger partial charge is 0.271 e. The van der Waals surface area contributed by atoms with E-state index in [1.807, 2.05) is 37.3 Å². The number of nitrogens with one attached hydrogen (secondary N) is 2. The molecular weight excluding hydrogens is 290 g/mol. The lowest BCUT2D eigenvalue weighted by Crippen LogP contribution is -2.54. The minimum absolute atomic E-state index is 0.00157. The SMILES string of the molecule is CC1NC2NN(c3ccccc3)C(=O)C2=C2CC(C)(O)CCC21. The highest BCUT2D eigenvalue weighted by atomic mass is 16.3. The zero-order valence-electron chi connectivity index (χ0n) is 13.5. The van der Waals surface area contributed by atoms with Crippen molar-refractivity contribution in [2.75, 3.05) is 5.01 Å². The van der Waals surface area contributed by atoms with Gasteiger partial charge in [0.05, 0.1) is 16.9 Å². The minimum atomic E-state index is -0.707. The molecule has 0 aromatic heterocycles. The Balaban J connectivity index is 1.75. The van der Waals surface area contributed by atoms with Crippen LogP contribution in [0, 0.1) is 5.92 Å². The molecule has 1 aromatic rings. The van der Waals surface area contributed by atoms with E-state index in [4.69, 9.17) is 0 Å². The minimum Gasteiger partial charge on any atom is -0.390 e. The molecule has 1 amide bonds. The molecule has 4 unspecified atom stereocenters. The topological polar surface area (TPSA) is 64.6 Å². The number of fused-ring (bicyclic) bond motifs is 2. The third-order valence-corrected chi connectivity index (χ3v) is 5.39. The molecule has 23 heavy (non-hydrogen) atoms. The summed E-state index contributed by atoms with van der Waals surface area (Å²) in [7, 11) is 0. The Hall–Kier alpha value is -1.69. The number of rotatable bonds is 1. The Labute approximate surface area is 136 Å². The maximum Gasteiger partial charge on any atom is 0.271 e. The van der Waals surface area contributed by atoms with Gasteiger partial charge in [0.2, 0.25) is 0 Å². The van der Waals surface area contributed by atoms with Crippen molar-refractivity contribution < 1.29 is 9.90 Å². The molecule has 0 bridgehead atoms. The number of nitrogens with zero attached hydrogens (tertiary/aromatic N) is 1. The van der Waals surface area contributed by atoms with E-state index in [0.717, 1.165) is 29.7 Å². The average Bonchev–Trinajstić information content (AvgIpc) is 2.84. The molecule has 5 nitrogen and oxygen atoms in total. The van der Waals surface area contributed by atoms with Gasteiger partial charge in [0.15, 0.2) is 0 Å². The molecule has 2 fully saturated rings. The average molecular weight is 313 g/mol. The molecule has 0 spiro atoms. The standard InChI is InChI=1S/C18H23N3O2/c1-11-13-8-9-18(2,23)10-14(13)15-16(19-11)20-21(17(15)22)12-6-4-3-5-7-12/h3-7,11,13,16,19-20,23H,8-10H2,1-2H3. The lowest BCUT2D eigenvalue weighted by atomic mass is 9.70. The van der Waals surface area contributed by atoms with E-state index in [9.17, 15) is 9.90 Å². The summed E-state index contributed by atoms with van der Waals surface area (Å²) >= 11 is 0. The fraction of sp³-hybridized carbons (Fsp3) is 0.500. The first kappa shape index (κ1) is 14.9. The van der Waals surface area contributed by atoms with Crippen LogP contribution in [0.1, 0.15) is 33.1 Å². The van der Waals surface area contributed by atoms with Crippen LogP contribution in [0.3, 0.4) is 0 Å². The molecule has 122 valence electrons. The zero-order chi connectivity index (χ0) is 16.2. The van der Waals surface area contributed by atoms with Crippen LogP contribution in [-0.4, -0.2) is 28.8 Å². The summed E-state index contributed by atoms with van der Waals surface area (Å²) in [5.74, 6) is 0.334. The predicted molar refractivity (Wildman–Crippen MR) is 88.4 cm³/mol. The van der Waals surface area contributed by atoms with Gasteiger partial charge in [-0.25, -0.2) is 10.4 Å². The Morgan fingerprint density at radius 2 is 2.04 bits per heavy atom. The summed E-state index contributed by atoms with van der Waals surface area (Å²) in [6, 6.07) is 9.93. The molecule has 2 heterocycles. The van der Waals surface area contributed by atoms with E-state index in [2.05, 4.69) is 17.7 Å². The second-order valence-corrected chi connectivity index (χ2v) is 7.25. The number of hydrogen-bond acceptors (Lipinski definition) is 4. The summed E-state index contributed by atoms with van der Waals surface area (Å²) in [5, 5.41) is 15.6. The van der Waals surface area contributed by atoms with Crippen LogP contribution in [0.4, 0.5) is 5.69 Å². The fourth-order valence-corrected chi connectivity index (χ4v) is 4.20. The van der Waals surface area contributed by atoms with Gasteiger partial charge in [-0.1, -0.05) is 23.8 Å². The van der Waals surface area contributed by atoms with E-state index in [1.165, 1.54) is 0 Å². The third kappa shape index (κ3) is 2.40. The molecule has 4 rings (SSSR count). The fourth-order valence-electron chi connectivity index (χ4n) is 4.20. The Bertz CT molecular complexity index is 668. The predicted octanol–water partition coefficient (Wildman–Crippen LogP) is 1.70. The maximum atomic E-state index is 13.0. The van der Waals surface area contributed by atoms with Gasteiger partial charge in [-0.2, -0.15) is 0 Å². The molecule has 4 atom stereocenters. The zero-order valence-corrected chi connectivity index (χ0v) is 13.5. The van der Waals surface area contributed by atoms with Gasteiger partial charge in [-0.05, 0) is 51.2 Å². The van der Waals surface area contributed by atoms with Crippen molar-refractivity contribution in [3.63, 3.8) is 0 Å². The number of anilines is 1. The first-order valence-electron chi connectivity index (χ1n) is 8.33. The third-order valence-electron chi connectivity index (χ3n) is 5.39. The highest BCUT2D eigenvalue weighted by Gasteiger charge is 2.47. The van der Waals surface area contributed by atoms with E-state index < -0.39 is 5.60 Å². The van der Waals surface area contributed by atoms with Crippen LogP contribution in [0.25, 0.3) is 0 Å². The van der Waals surface area contributed by atoms with Crippen molar-refractivity contribution in [3.8, 4) is 0 Å². The second kappa shape index (κ2) is 5.16. The van der Waals surface area contributed by atoms with Crippen molar-refractivity contribution in [1.29, 1.82) is 0 Å². The first-order valence-corrected chi connectivity index (χ1v) is 8.33. The summed E-state index contributed by atoms with van der Waals surface area (Å²) in [5.41, 5.74) is 5.35. The van der Waals surface area contributed by atoms with E-state index in [1.54, 1.807) is 5.01 Å². The Kier molecular flexibility index (Phi) is 3.34. The number of benzene rings is 1. The number of aliphatic hydroxyl groups is 1. The van der Waals surface area contributed by atoms with Crippen LogP contribution in [-0.2, 0) is 4.79 Å². The summed E-state index contributed by atoms with van der Waals surface area (Å²) < 4.78 is 0. The highest BCUT2D eigenvalue weighted by molar-refractivity contribution is 6.09. The highest BCUT2D eigenvalue weighted by Crippen LogP contribution is 2.43. The van der Waals surface area contributed by atoms with E-state index in [0.29, 0.717) is 18.4 Å². The number of para-hydroxylation sites is 1. The summed E-state index contributed by atoms with van der Waals surface area (Å²) in [6.45, 7) is 4.04. The first-order chi connectivity index (χ1) is 11.0. The summed E-state index contributed by atoms with van der Waals surface area (Å²) in [6.07, 6.45) is 2.13. The van der Waals surface area contributed by atoms with Crippen molar-refractivity contribution in [1.82, 2.24) is 10.7 Å². The van der Waals surface area contributed by atoms with Gasteiger partial charge >= 0.3 is 0 Å². The van der Waals surface area contributed by atoms with Crippen LogP contribution in [0.2, 0.25) is 0 Å². The molecule has 3 aliphatic rings. The van der Waals surface area contributed by atoms with Crippen LogP contribution < -0.4 is 15.8 Å². The van der Waals surface area contributed by atoms with Gasteiger partial charge in [0, 0.05) is 6.04 Å². The lowest BCUT2D eigenvalue weighted by molar-refractivity contribution is -0.114. The molecule has 1 saturated heterocycles. The van der Waals surface area contributed by atoms with E-state index in [-0.39, 0.29) is 12.1 Å². The van der Waals surface area contributed by atoms with Crippen LogP contribution in [0.15, 0.2) is 41.5 Å². The van der Waals surface area contributed by atoms with Crippen molar-refractivity contribution >= 4 is 11.6 Å². The molecule has 3 N–H and O–H groups in total. The monoisotopic (exact) mass is 313 g/mol. The van der Waals surface area contributed by atoms with Crippen LogP contribution >= 0.6 is 0 Å². The number of hydrazine groups is 1. The molecule has 1 aromatic carbocycles. The molecule has 2 aliphatic heterocycles. The van der Waals surface area contributed by atoms with Gasteiger partial charge < -0.3 is 5.11 Å². The molecule has 5 heteroatoms. The van der Waals surface area contributed by atoms with Gasteiger partial charge in [0.1, 0.15) is 6.17 Å². The summed E-state index contributed by atoms with van der Waals surface area (Å²) in [4.78, 5) is 13.0. The quantitative estimate of drug-likeness (QED) is 0.738. The number of hydrogen-bond donors (Lipinski definition) is 3. The number of carbonyl (C=O) groups excluding carboxylic acids is 1. The number of amides is 1. The van der Waals surface area contributed by atoms with Crippen molar-refractivity contribution in [3.05, 3.63) is 41.5 Å². The van der Waals surface area contributed by atoms with Crippen molar-refractivity contribution in [2.45, 2.75) is 50.9 Å². The molecule has 1 aliphatic carbocycles. The van der Waals surface area contributed by atoms with Gasteiger partial charge in [0.25, 0.3) is 5.91 Å². The molecular formula is C18H23N3O2. The van der Waals surface area contributed by atoms with Gasteiger partial charge in [-0.3, -0.25) is 10.1 Å². The van der Waals surface area contributed by atoms with Gasteiger partial charge in [-0.15, -0.1) is 0 Å². The van der Waals surface area contributed by atoms with Crippen LogP contribution in [0.5, 0.6) is 0 Å². The molecule has 1 saturated carbocycles. The maximum absolute atomic E-state index is 13.0. The lowest BCUT2D eigenvalue weighted by Gasteiger charge is -2.43. The van der Waals surface area contributed by atoms with Crippen molar-refractivity contribution in [2.24, 2.45) is 5.92 Å². The van der Waals surface area contributed by atoms with E-state index >= 15 is 0 Å². The molecule has 0 radical (unpaired) electrons. The Morgan fingerprint density at radius 1 is 1.30 bits per heavy atom. The normalized spacial score (nSPS) is 36.9.